The van der Waals surface area contributed by atoms with Crippen LogP contribution in [0.3, 0.4) is 0 Å². The quantitative estimate of drug-likeness (QED) is 0.816. The van der Waals surface area contributed by atoms with Crippen LogP contribution in [-0.4, -0.2) is 31.1 Å². The fraction of sp³-hybridized carbons (Fsp3) is 1.00. The zero-order valence-corrected chi connectivity index (χ0v) is 11.5. The van der Waals surface area contributed by atoms with E-state index in [-0.39, 0.29) is 0 Å². The molecule has 0 aromatic heterocycles. The second kappa shape index (κ2) is 6.75. The Kier molecular flexibility index (Phi) is 5.30. The summed E-state index contributed by atoms with van der Waals surface area (Å²) < 4.78 is 0. The highest BCUT2D eigenvalue weighted by Gasteiger charge is 2.25. The van der Waals surface area contributed by atoms with Gasteiger partial charge in [-0.15, -0.1) is 0 Å². The summed E-state index contributed by atoms with van der Waals surface area (Å²) in [6.07, 6.45) is 10.2. The molecule has 1 saturated heterocycles. The monoisotopic (exact) mass is 238 g/mol. The van der Waals surface area contributed by atoms with E-state index in [1.54, 1.807) is 0 Å². The van der Waals surface area contributed by atoms with Crippen molar-refractivity contribution >= 4 is 0 Å². The van der Waals surface area contributed by atoms with E-state index < -0.39 is 0 Å². The first kappa shape index (κ1) is 13.4. The molecule has 0 aromatic rings. The van der Waals surface area contributed by atoms with E-state index in [0.29, 0.717) is 0 Å². The molecule has 2 aliphatic rings. The molecule has 1 aliphatic heterocycles. The SMILES string of the molecule is CC1CCN(CCC2CCCCC2)CC1CN. The Morgan fingerprint density at radius 3 is 2.59 bits per heavy atom. The molecular weight excluding hydrogens is 208 g/mol. The minimum atomic E-state index is 0.745. The van der Waals surface area contributed by atoms with Crippen LogP contribution in [-0.2, 0) is 0 Å². The molecule has 2 N–H and O–H groups in total. The van der Waals surface area contributed by atoms with Crippen molar-refractivity contribution in [2.45, 2.75) is 51.9 Å². The molecule has 0 amide bonds. The zero-order chi connectivity index (χ0) is 12.1. The van der Waals surface area contributed by atoms with Crippen LogP contribution in [0.25, 0.3) is 0 Å². The first-order valence-electron chi connectivity index (χ1n) is 7.72. The summed E-state index contributed by atoms with van der Waals surface area (Å²) in [7, 11) is 0. The van der Waals surface area contributed by atoms with Crippen molar-refractivity contribution in [2.24, 2.45) is 23.5 Å². The Balaban J connectivity index is 1.68. The van der Waals surface area contributed by atoms with E-state index in [0.717, 1.165) is 24.3 Å². The maximum Gasteiger partial charge on any atom is 0.00243 e. The summed E-state index contributed by atoms with van der Waals surface area (Å²) >= 11 is 0. The van der Waals surface area contributed by atoms with Crippen molar-refractivity contribution in [2.75, 3.05) is 26.2 Å². The molecule has 2 heteroatoms. The third-order valence-corrected chi connectivity index (χ3v) is 5.08. The molecule has 17 heavy (non-hydrogen) atoms. The summed E-state index contributed by atoms with van der Waals surface area (Å²) in [6.45, 7) is 7.14. The van der Waals surface area contributed by atoms with E-state index in [2.05, 4.69) is 11.8 Å². The average Bonchev–Trinajstić information content (AvgIpc) is 2.39. The molecule has 0 aromatic carbocycles. The van der Waals surface area contributed by atoms with Gasteiger partial charge in [0, 0.05) is 6.54 Å². The summed E-state index contributed by atoms with van der Waals surface area (Å²) in [4.78, 5) is 2.67. The standard InChI is InChI=1S/C15H30N2/c1-13-7-9-17(12-15(13)11-16)10-8-14-5-3-2-4-6-14/h13-15H,2-12,16H2,1H3. The van der Waals surface area contributed by atoms with Crippen LogP contribution in [0.2, 0.25) is 0 Å². The molecule has 2 atom stereocenters. The maximum atomic E-state index is 5.87. The van der Waals surface area contributed by atoms with E-state index >= 15 is 0 Å². The normalized spacial score (nSPS) is 32.8. The molecular formula is C15H30N2. The molecule has 2 unspecified atom stereocenters. The van der Waals surface area contributed by atoms with Crippen LogP contribution in [0, 0.1) is 17.8 Å². The van der Waals surface area contributed by atoms with Gasteiger partial charge in [-0.05, 0) is 50.2 Å². The average molecular weight is 238 g/mol. The lowest BCUT2D eigenvalue weighted by Crippen LogP contribution is -2.43. The third-order valence-electron chi connectivity index (χ3n) is 5.08. The van der Waals surface area contributed by atoms with Gasteiger partial charge in [0.15, 0.2) is 0 Å². The molecule has 1 saturated carbocycles. The largest absolute Gasteiger partial charge is 0.330 e. The van der Waals surface area contributed by atoms with Crippen molar-refractivity contribution in [1.82, 2.24) is 4.90 Å². The highest BCUT2D eigenvalue weighted by Crippen LogP contribution is 2.28. The first-order valence-corrected chi connectivity index (χ1v) is 7.72. The number of nitrogens with zero attached hydrogens (tertiary/aromatic N) is 1. The van der Waals surface area contributed by atoms with Gasteiger partial charge in [-0.3, -0.25) is 0 Å². The maximum absolute atomic E-state index is 5.87. The van der Waals surface area contributed by atoms with Crippen molar-refractivity contribution in [3.05, 3.63) is 0 Å². The van der Waals surface area contributed by atoms with Gasteiger partial charge >= 0.3 is 0 Å². The van der Waals surface area contributed by atoms with Crippen molar-refractivity contribution in [1.29, 1.82) is 0 Å². The number of rotatable bonds is 4. The molecule has 2 rings (SSSR count). The highest BCUT2D eigenvalue weighted by molar-refractivity contribution is 4.79. The molecule has 2 fully saturated rings. The summed E-state index contributed by atoms with van der Waals surface area (Å²) in [5.41, 5.74) is 5.87. The Bertz CT molecular complexity index is 211. The van der Waals surface area contributed by atoms with Crippen molar-refractivity contribution in [3.8, 4) is 0 Å². The Morgan fingerprint density at radius 1 is 1.12 bits per heavy atom. The third kappa shape index (κ3) is 3.96. The van der Waals surface area contributed by atoms with Gasteiger partial charge in [0.2, 0.25) is 0 Å². The number of hydrogen-bond acceptors (Lipinski definition) is 2. The lowest BCUT2D eigenvalue weighted by Gasteiger charge is -2.37. The molecule has 1 aliphatic carbocycles. The highest BCUT2D eigenvalue weighted by atomic mass is 15.1. The molecule has 0 bridgehead atoms. The Labute approximate surface area is 107 Å². The number of nitrogens with two attached hydrogens (primary N) is 1. The van der Waals surface area contributed by atoms with Crippen LogP contribution >= 0.6 is 0 Å². The molecule has 0 radical (unpaired) electrons. The zero-order valence-electron chi connectivity index (χ0n) is 11.5. The van der Waals surface area contributed by atoms with Crippen molar-refractivity contribution in [3.63, 3.8) is 0 Å². The van der Waals surface area contributed by atoms with Crippen LogP contribution in [0.5, 0.6) is 0 Å². The smallest absolute Gasteiger partial charge is 0.00243 e. The fourth-order valence-corrected chi connectivity index (χ4v) is 3.58. The van der Waals surface area contributed by atoms with Gasteiger partial charge in [0.05, 0.1) is 0 Å². The van der Waals surface area contributed by atoms with E-state index in [1.165, 1.54) is 64.6 Å². The van der Waals surface area contributed by atoms with Gasteiger partial charge in [0.25, 0.3) is 0 Å². The minimum Gasteiger partial charge on any atom is -0.330 e. The number of hydrogen-bond donors (Lipinski definition) is 1. The van der Waals surface area contributed by atoms with E-state index in [9.17, 15) is 0 Å². The van der Waals surface area contributed by atoms with Crippen LogP contribution in [0.15, 0.2) is 0 Å². The van der Waals surface area contributed by atoms with Gasteiger partial charge in [-0.1, -0.05) is 39.0 Å². The molecule has 2 nitrogen and oxygen atoms in total. The predicted molar refractivity (Wildman–Crippen MR) is 74.0 cm³/mol. The van der Waals surface area contributed by atoms with Crippen molar-refractivity contribution < 1.29 is 0 Å². The van der Waals surface area contributed by atoms with Gasteiger partial charge < -0.3 is 10.6 Å². The van der Waals surface area contributed by atoms with E-state index in [4.69, 9.17) is 5.73 Å². The van der Waals surface area contributed by atoms with Gasteiger partial charge in [-0.2, -0.15) is 0 Å². The topological polar surface area (TPSA) is 29.3 Å². The summed E-state index contributed by atoms with van der Waals surface area (Å²) in [5, 5.41) is 0. The first-order chi connectivity index (χ1) is 8.29. The summed E-state index contributed by atoms with van der Waals surface area (Å²) in [6, 6.07) is 0. The van der Waals surface area contributed by atoms with Crippen LogP contribution < -0.4 is 5.73 Å². The second-order valence-electron chi connectivity index (χ2n) is 6.36. The number of piperidine rings is 1. The Morgan fingerprint density at radius 2 is 1.88 bits per heavy atom. The van der Waals surface area contributed by atoms with Gasteiger partial charge in [-0.25, -0.2) is 0 Å². The van der Waals surface area contributed by atoms with Crippen LogP contribution in [0.1, 0.15) is 51.9 Å². The van der Waals surface area contributed by atoms with Gasteiger partial charge in [0.1, 0.15) is 0 Å². The summed E-state index contributed by atoms with van der Waals surface area (Å²) in [5.74, 6) is 2.61. The van der Waals surface area contributed by atoms with E-state index in [1.807, 2.05) is 0 Å². The lowest BCUT2D eigenvalue weighted by atomic mass is 9.85. The van der Waals surface area contributed by atoms with Crippen LogP contribution in [0.4, 0.5) is 0 Å². The molecule has 0 spiro atoms. The fourth-order valence-electron chi connectivity index (χ4n) is 3.58. The minimum absolute atomic E-state index is 0.745. The second-order valence-corrected chi connectivity index (χ2v) is 6.36. The molecule has 1 heterocycles. The molecule has 100 valence electrons. The number of likely N-dealkylation sites (tertiary alicyclic amines) is 1. The predicted octanol–water partition coefficient (Wildman–Crippen LogP) is 2.87. The lowest BCUT2D eigenvalue weighted by molar-refractivity contribution is 0.122. The Hall–Kier alpha value is -0.0800.